The second-order valence-electron chi connectivity index (χ2n) is 10.3. The SMILES string of the molecule is Cc1c(Cl)c(O)cc(O)c1C(=O)O[C@@H]1C[C@]2(C)[C@H]3[C@@H](O)C(C)(C)C[C@@]3(O)C=C(C=O)[C@]12O. The van der Waals surface area contributed by atoms with E-state index in [0.29, 0.717) is 6.29 Å². The molecule has 2 saturated carbocycles. The molecule has 0 aliphatic heterocycles. The van der Waals surface area contributed by atoms with Gasteiger partial charge < -0.3 is 30.3 Å². The smallest absolute Gasteiger partial charge is 0.342 e. The number of aliphatic hydroxyl groups is 3. The van der Waals surface area contributed by atoms with Crippen molar-refractivity contribution in [1.29, 1.82) is 0 Å². The highest BCUT2D eigenvalue weighted by Crippen LogP contribution is 2.69. The maximum Gasteiger partial charge on any atom is 0.342 e. The van der Waals surface area contributed by atoms with E-state index in [-0.39, 0.29) is 34.6 Å². The molecule has 1 aromatic rings. The van der Waals surface area contributed by atoms with Crippen LogP contribution >= 0.6 is 11.6 Å². The van der Waals surface area contributed by atoms with Gasteiger partial charge in [-0.25, -0.2) is 4.79 Å². The molecule has 0 unspecified atom stereocenters. The van der Waals surface area contributed by atoms with Crippen LogP contribution in [0.15, 0.2) is 17.7 Å². The Hall–Kier alpha value is -2.13. The van der Waals surface area contributed by atoms with Crippen molar-refractivity contribution in [2.24, 2.45) is 16.7 Å². The molecule has 9 heteroatoms. The van der Waals surface area contributed by atoms with Gasteiger partial charge in [-0.1, -0.05) is 32.4 Å². The van der Waals surface area contributed by atoms with E-state index in [4.69, 9.17) is 16.3 Å². The Bertz CT molecular complexity index is 1060. The second-order valence-corrected chi connectivity index (χ2v) is 10.7. The van der Waals surface area contributed by atoms with Crippen LogP contribution in [0.1, 0.15) is 49.5 Å². The summed E-state index contributed by atoms with van der Waals surface area (Å²) in [6.07, 6.45) is -0.130. The molecular formula is C23H27ClO8. The van der Waals surface area contributed by atoms with Gasteiger partial charge in [-0.05, 0) is 36.8 Å². The number of carbonyl (C=O) groups is 2. The van der Waals surface area contributed by atoms with Crippen LogP contribution in [0.25, 0.3) is 0 Å². The number of hydrogen-bond acceptors (Lipinski definition) is 8. The summed E-state index contributed by atoms with van der Waals surface area (Å²) in [6.45, 7) is 6.70. The summed E-state index contributed by atoms with van der Waals surface area (Å²) >= 11 is 5.98. The summed E-state index contributed by atoms with van der Waals surface area (Å²) in [5.41, 5.74) is -5.52. The van der Waals surface area contributed by atoms with Crippen molar-refractivity contribution in [1.82, 2.24) is 0 Å². The lowest BCUT2D eigenvalue weighted by Crippen LogP contribution is -2.76. The number of fused-ring (bicyclic) bond motifs is 3. The summed E-state index contributed by atoms with van der Waals surface area (Å²) in [7, 11) is 0. The van der Waals surface area contributed by atoms with Crippen LogP contribution in [-0.4, -0.2) is 61.2 Å². The van der Waals surface area contributed by atoms with Gasteiger partial charge in [0.1, 0.15) is 35.1 Å². The Morgan fingerprint density at radius 1 is 1.22 bits per heavy atom. The van der Waals surface area contributed by atoms with Gasteiger partial charge in [-0.3, -0.25) is 4.79 Å². The van der Waals surface area contributed by atoms with Gasteiger partial charge in [0.05, 0.1) is 16.7 Å². The number of aromatic hydroxyl groups is 2. The lowest BCUT2D eigenvalue weighted by molar-refractivity contribution is -0.272. The molecule has 0 saturated heterocycles. The molecule has 2 fully saturated rings. The average Bonchev–Trinajstić information content (AvgIpc) is 2.87. The zero-order valence-electron chi connectivity index (χ0n) is 18.2. The number of hydrogen-bond donors (Lipinski definition) is 5. The van der Waals surface area contributed by atoms with Gasteiger partial charge in [0.15, 0.2) is 0 Å². The number of benzene rings is 1. The Balaban J connectivity index is 1.72. The second kappa shape index (κ2) is 6.70. The van der Waals surface area contributed by atoms with E-state index in [0.717, 1.165) is 6.07 Å². The first kappa shape index (κ1) is 23.0. The molecular weight excluding hydrogens is 440 g/mol. The molecule has 174 valence electrons. The maximum absolute atomic E-state index is 12.9. The van der Waals surface area contributed by atoms with Crippen LogP contribution < -0.4 is 0 Å². The van der Waals surface area contributed by atoms with Crippen molar-refractivity contribution in [3.8, 4) is 11.5 Å². The molecule has 5 N–H and O–H groups in total. The molecule has 6 atom stereocenters. The third-order valence-corrected chi connectivity index (χ3v) is 8.39. The molecule has 0 amide bonds. The standard InChI is InChI=1S/C23H27ClO8/c1-10-15(12(26)5-13(27)16(10)24)19(29)32-14-7-21(4)17-18(28)20(2,3)9-22(17,30)6-11(8-25)23(14,21)31/h5-6,8,14,17-18,26-28,30-31H,7,9H2,1-4H3/t14-,17-,18-,21-,22+,23+/m1/s1. The number of ether oxygens (including phenoxy) is 1. The Kier molecular flexibility index (Phi) is 4.82. The minimum atomic E-state index is -1.94. The molecule has 3 aliphatic rings. The zero-order chi connectivity index (χ0) is 24.0. The van der Waals surface area contributed by atoms with Gasteiger partial charge in [-0.15, -0.1) is 0 Å². The number of esters is 1. The molecule has 32 heavy (non-hydrogen) atoms. The van der Waals surface area contributed by atoms with Crippen molar-refractivity contribution < 1.29 is 39.9 Å². The highest BCUT2D eigenvalue weighted by Gasteiger charge is 2.77. The van der Waals surface area contributed by atoms with Crippen molar-refractivity contribution in [3.05, 3.63) is 33.9 Å². The predicted octanol–water partition coefficient (Wildman–Crippen LogP) is 2.00. The van der Waals surface area contributed by atoms with Crippen LogP contribution in [0, 0.1) is 23.7 Å². The van der Waals surface area contributed by atoms with Crippen molar-refractivity contribution in [2.45, 2.75) is 63.9 Å². The first-order valence-corrected chi connectivity index (χ1v) is 10.7. The normalized spacial score (nSPS) is 39.4. The number of rotatable bonds is 3. The van der Waals surface area contributed by atoms with Crippen LogP contribution in [-0.2, 0) is 9.53 Å². The Morgan fingerprint density at radius 2 is 1.84 bits per heavy atom. The van der Waals surface area contributed by atoms with Crippen molar-refractivity contribution >= 4 is 23.9 Å². The minimum absolute atomic E-state index is 0.0756. The molecule has 0 bridgehead atoms. The molecule has 4 rings (SSSR count). The fraction of sp³-hybridized carbons (Fsp3) is 0.565. The number of phenols is 2. The van der Waals surface area contributed by atoms with Crippen LogP contribution in [0.4, 0.5) is 0 Å². The van der Waals surface area contributed by atoms with E-state index in [1.54, 1.807) is 20.8 Å². The van der Waals surface area contributed by atoms with E-state index in [1.165, 1.54) is 13.0 Å². The molecule has 3 aliphatic carbocycles. The summed E-state index contributed by atoms with van der Waals surface area (Å²) in [5, 5.41) is 53.7. The maximum atomic E-state index is 12.9. The van der Waals surface area contributed by atoms with E-state index in [9.17, 15) is 35.1 Å². The lowest BCUT2D eigenvalue weighted by atomic mass is 9.43. The highest BCUT2D eigenvalue weighted by atomic mass is 35.5. The average molecular weight is 467 g/mol. The summed E-state index contributed by atoms with van der Waals surface area (Å²) in [4.78, 5) is 24.8. The van der Waals surface area contributed by atoms with Crippen molar-refractivity contribution in [2.75, 3.05) is 0 Å². The topological polar surface area (TPSA) is 145 Å². The van der Waals surface area contributed by atoms with Crippen LogP contribution in [0.5, 0.6) is 11.5 Å². The van der Waals surface area contributed by atoms with Crippen LogP contribution in [0.3, 0.4) is 0 Å². The van der Waals surface area contributed by atoms with E-state index in [2.05, 4.69) is 0 Å². The minimum Gasteiger partial charge on any atom is -0.507 e. The number of carbonyl (C=O) groups excluding carboxylic acids is 2. The number of aldehydes is 1. The number of halogens is 1. The van der Waals surface area contributed by atoms with Gasteiger partial charge in [0.2, 0.25) is 0 Å². The first-order chi connectivity index (χ1) is 14.6. The molecule has 0 aromatic heterocycles. The van der Waals surface area contributed by atoms with Gasteiger partial charge in [0, 0.05) is 23.0 Å². The van der Waals surface area contributed by atoms with Gasteiger partial charge in [0.25, 0.3) is 0 Å². The first-order valence-electron chi connectivity index (χ1n) is 10.4. The fourth-order valence-electron chi connectivity index (χ4n) is 6.35. The molecule has 0 heterocycles. The molecule has 0 radical (unpaired) electrons. The molecule has 8 nitrogen and oxygen atoms in total. The zero-order valence-corrected chi connectivity index (χ0v) is 19.0. The number of phenolic OH excluding ortho intramolecular Hbond substituents is 2. The van der Waals surface area contributed by atoms with E-state index >= 15 is 0 Å². The summed E-state index contributed by atoms with van der Waals surface area (Å²) < 4.78 is 5.52. The predicted molar refractivity (Wildman–Crippen MR) is 113 cm³/mol. The quantitative estimate of drug-likeness (QED) is 0.336. The van der Waals surface area contributed by atoms with Gasteiger partial charge >= 0.3 is 5.97 Å². The fourth-order valence-corrected chi connectivity index (χ4v) is 6.50. The van der Waals surface area contributed by atoms with E-state index in [1.807, 2.05) is 0 Å². The largest absolute Gasteiger partial charge is 0.507 e. The summed E-state index contributed by atoms with van der Waals surface area (Å²) in [5.74, 6) is -2.71. The molecule has 0 spiro atoms. The third kappa shape index (κ3) is 2.67. The van der Waals surface area contributed by atoms with Gasteiger partial charge in [-0.2, -0.15) is 0 Å². The summed E-state index contributed by atoms with van der Waals surface area (Å²) in [6, 6.07) is 0.917. The Morgan fingerprint density at radius 3 is 2.44 bits per heavy atom. The Labute approximate surface area is 190 Å². The van der Waals surface area contributed by atoms with E-state index < -0.39 is 57.6 Å². The molecule has 1 aromatic carbocycles. The lowest BCUT2D eigenvalue weighted by Gasteiger charge is -2.66. The van der Waals surface area contributed by atoms with Crippen LogP contribution in [0.2, 0.25) is 5.02 Å². The monoisotopic (exact) mass is 466 g/mol. The third-order valence-electron chi connectivity index (χ3n) is 7.91. The number of aliphatic hydroxyl groups excluding tert-OH is 1. The highest BCUT2D eigenvalue weighted by molar-refractivity contribution is 6.33. The van der Waals surface area contributed by atoms with Crippen molar-refractivity contribution in [3.63, 3.8) is 0 Å².